The van der Waals surface area contributed by atoms with Crippen LogP contribution in [0.3, 0.4) is 0 Å². The van der Waals surface area contributed by atoms with Crippen LogP contribution in [0.1, 0.15) is 48.4 Å². The third-order valence-electron chi connectivity index (χ3n) is 6.52. The zero-order valence-electron chi connectivity index (χ0n) is 14.8. The molecule has 2 aromatic carbocycles. The standard InChI is InChI=1S/C22H23N3O/c23-25-20(15-8-2-1-3-9-15)24-19-17-11-5-4-10-16(17)14-22(12-6-7-13-22)18(19)21(25)26/h1-5,8-11,18-19H,6-7,12-14,23H2. The van der Waals surface area contributed by atoms with Gasteiger partial charge in [-0.15, -0.1) is 0 Å². The minimum absolute atomic E-state index is 0.0133. The van der Waals surface area contributed by atoms with Crippen molar-refractivity contribution in [2.24, 2.45) is 22.2 Å². The van der Waals surface area contributed by atoms with Crippen LogP contribution < -0.4 is 5.84 Å². The molecule has 2 aliphatic carbocycles. The van der Waals surface area contributed by atoms with E-state index in [9.17, 15) is 4.79 Å². The molecule has 0 aromatic heterocycles. The number of aliphatic imine (C=N–C) groups is 1. The SMILES string of the molecule is NN1C(=O)C2C(N=C1c1ccccc1)c1ccccc1CC21CCCC1. The van der Waals surface area contributed by atoms with Crippen LogP contribution in [0.4, 0.5) is 0 Å². The number of benzene rings is 2. The molecule has 0 radical (unpaired) electrons. The predicted molar refractivity (Wildman–Crippen MR) is 101 cm³/mol. The molecule has 1 heterocycles. The molecule has 0 saturated heterocycles. The van der Waals surface area contributed by atoms with Crippen molar-refractivity contribution in [3.05, 3.63) is 71.3 Å². The average Bonchev–Trinajstić information content (AvgIpc) is 3.13. The van der Waals surface area contributed by atoms with E-state index in [0.717, 1.165) is 24.8 Å². The van der Waals surface area contributed by atoms with Crippen molar-refractivity contribution in [3.63, 3.8) is 0 Å². The lowest BCUT2D eigenvalue weighted by molar-refractivity contribution is -0.139. The van der Waals surface area contributed by atoms with Gasteiger partial charge in [0.2, 0.25) is 5.91 Å². The Hall–Kier alpha value is -2.46. The molecule has 2 atom stereocenters. The topological polar surface area (TPSA) is 58.7 Å². The zero-order valence-corrected chi connectivity index (χ0v) is 14.8. The fraction of sp³-hybridized carbons (Fsp3) is 0.364. The van der Waals surface area contributed by atoms with E-state index in [1.54, 1.807) is 0 Å². The number of hydrogen-bond donors (Lipinski definition) is 1. The second-order valence-electron chi connectivity index (χ2n) is 7.89. The molecular weight excluding hydrogens is 322 g/mol. The van der Waals surface area contributed by atoms with Crippen molar-refractivity contribution in [2.75, 3.05) is 0 Å². The molecule has 3 aliphatic rings. The molecule has 0 bridgehead atoms. The molecule has 5 rings (SSSR count). The second-order valence-corrected chi connectivity index (χ2v) is 7.89. The molecule has 2 aromatic rings. The summed E-state index contributed by atoms with van der Waals surface area (Å²) in [5.74, 6) is 6.76. The number of amidine groups is 1. The normalized spacial score (nSPS) is 26.4. The van der Waals surface area contributed by atoms with Crippen LogP contribution in [0, 0.1) is 11.3 Å². The zero-order chi connectivity index (χ0) is 17.7. The highest BCUT2D eigenvalue weighted by Gasteiger charge is 2.55. The Kier molecular flexibility index (Phi) is 3.50. The highest BCUT2D eigenvalue weighted by Crippen LogP contribution is 2.57. The van der Waals surface area contributed by atoms with E-state index in [1.807, 2.05) is 30.3 Å². The van der Waals surface area contributed by atoms with Gasteiger partial charge in [0.1, 0.15) is 0 Å². The number of carbonyl (C=O) groups excluding carboxylic acids is 1. The van der Waals surface area contributed by atoms with Crippen LogP contribution in [0.5, 0.6) is 0 Å². The van der Waals surface area contributed by atoms with Gasteiger partial charge in [0, 0.05) is 5.56 Å². The van der Waals surface area contributed by atoms with Crippen molar-refractivity contribution >= 4 is 11.7 Å². The second kappa shape index (κ2) is 5.78. The molecule has 132 valence electrons. The molecule has 4 nitrogen and oxygen atoms in total. The summed E-state index contributed by atoms with van der Waals surface area (Å²) >= 11 is 0. The van der Waals surface area contributed by atoms with E-state index in [1.165, 1.54) is 29.0 Å². The highest BCUT2D eigenvalue weighted by atomic mass is 16.2. The van der Waals surface area contributed by atoms with Crippen molar-refractivity contribution in [1.29, 1.82) is 0 Å². The van der Waals surface area contributed by atoms with Gasteiger partial charge in [-0.05, 0) is 35.8 Å². The fourth-order valence-corrected chi connectivity index (χ4v) is 5.34. The quantitative estimate of drug-likeness (QED) is 0.634. The molecule has 1 saturated carbocycles. The van der Waals surface area contributed by atoms with Crippen molar-refractivity contribution in [3.8, 4) is 0 Å². The van der Waals surface area contributed by atoms with E-state index in [-0.39, 0.29) is 23.3 Å². The van der Waals surface area contributed by atoms with E-state index in [0.29, 0.717) is 5.84 Å². The summed E-state index contributed by atoms with van der Waals surface area (Å²) in [5.41, 5.74) is 3.46. The number of fused-ring (bicyclic) bond motifs is 4. The molecule has 1 spiro atoms. The number of nitrogens with two attached hydrogens (primary N) is 1. The first-order valence-corrected chi connectivity index (χ1v) is 9.49. The summed E-state index contributed by atoms with van der Waals surface area (Å²) in [7, 11) is 0. The monoisotopic (exact) mass is 345 g/mol. The van der Waals surface area contributed by atoms with Gasteiger partial charge in [0.25, 0.3) is 0 Å². The Bertz CT molecular complexity index is 883. The maximum atomic E-state index is 13.4. The van der Waals surface area contributed by atoms with Gasteiger partial charge in [-0.2, -0.15) is 0 Å². The van der Waals surface area contributed by atoms with Crippen LogP contribution in [0.15, 0.2) is 59.6 Å². The maximum absolute atomic E-state index is 13.4. The molecule has 1 amide bonds. The number of rotatable bonds is 1. The number of hydrogen-bond acceptors (Lipinski definition) is 3. The number of amides is 1. The van der Waals surface area contributed by atoms with Crippen molar-refractivity contribution < 1.29 is 4.79 Å². The van der Waals surface area contributed by atoms with Crippen LogP contribution in [-0.2, 0) is 11.2 Å². The Labute approximate surface area is 153 Å². The minimum Gasteiger partial charge on any atom is -0.273 e. The van der Waals surface area contributed by atoms with Crippen LogP contribution in [0.2, 0.25) is 0 Å². The Morgan fingerprint density at radius 3 is 2.46 bits per heavy atom. The molecule has 4 heteroatoms. The average molecular weight is 345 g/mol. The minimum atomic E-state index is -0.141. The molecule has 2 N–H and O–H groups in total. The third-order valence-corrected chi connectivity index (χ3v) is 6.52. The fourth-order valence-electron chi connectivity index (χ4n) is 5.34. The van der Waals surface area contributed by atoms with Gasteiger partial charge in [-0.3, -0.25) is 9.79 Å². The smallest absolute Gasteiger partial charge is 0.248 e. The molecule has 26 heavy (non-hydrogen) atoms. The van der Waals surface area contributed by atoms with E-state index < -0.39 is 0 Å². The summed E-state index contributed by atoms with van der Waals surface area (Å²) in [5, 5.41) is 1.31. The molecule has 2 unspecified atom stereocenters. The largest absolute Gasteiger partial charge is 0.273 e. The summed E-state index contributed by atoms with van der Waals surface area (Å²) in [6.07, 6.45) is 5.55. The lowest BCUT2D eigenvalue weighted by Gasteiger charge is -2.48. The summed E-state index contributed by atoms with van der Waals surface area (Å²) in [6.45, 7) is 0. The van der Waals surface area contributed by atoms with Gasteiger partial charge in [0.15, 0.2) is 5.84 Å². The van der Waals surface area contributed by atoms with Gasteiger partial charge < -0.3 is 0 Å². The van der Waals surface area contributed by atoms with Crippen molar-refractivity contribution in [1.82, 2.24) is 5.01 Å². The molecule has 1 aliphatic heterocycles. The summed E-state index contributed by atoms with van der Waals surface area (Å²) in [4.78, 5) is 18.5. The van der Waals surface area contributed by atoms with Crippen LogP contribution >= 0.6 is 0 Å². The Balaban J connectivity index is 1.71. The van der Waals surface area contributed by atoms with Gasteiger partial charge in [-0.1, -0.05) is 67.4 Å². The first kappa shape index (κ1) is 15.8. The Morgan fingerprint density at radius 2 is 1.69 bits per heavy atom. The third kappa shape index (κ3) is 2.18. The first-order chi connectivity index (χ1) is 12.7. The lowest BCUT2D eigenvalue weighted by atomic mass is 9.60. The van der Waals surface area contributed by atoms with Gasteiger partial charge in [-0.25, -0.2) is 10.9 Å². The van der Waals surface area contributed by atoms with Gasteiger partial charge in [0.05, 0.1) is 12.0 Å². The summed E-state index contributed by atoms with van der Waals surface area (Å²) in [6, 6.07) is 18.2. The van der Waals surface area contributed by atoms with E-state index in [2.05, 4.69) is 24.3 Å². The van der Waals surface area contributed by atoms with Crippen LogP contribution in [0.25, 0.3) is 0 Å². The Morgan fingerprint density at radius 1 is 1.00 bits per heavy atom. The van der Waals surface area contributed by atoms with Crippen LogP contribution in [-0.4, -0.2) is 16.8 Å². The lowest BCUT2D eigenvalue weighted by Crippen LogP contribution is -2.56. The van der Waals surface area contributed by atoms with Gasteiger partial charge >= 0.3 is 0 Å². The molecular formula is C22H23N3O. The van der Waals surface area contributed by atoms with E-state index in [4.69, 9.17) is 10.8 Å². The predicted octanol–water partition coefficient (Wildman–Crippen LogP) is 3.62. The van der Waals surface area contributed by atoms with E-state index >= 15 is 0 Å². The van der Waals surface area contributed by atoms with Crippen molar-refractivity contribution in [2.45, 2.75) is 38.1 Å². The number of carbonyl (C=O) groups is 1. The molecule has 1 fully saturated rings. The summed E-state index contributed by atoms with van der Waals surface area (Å²) < 4.78 is 0. The number of nitrogens with zero attached hydrogens (tertiary/aromatic N) is 2. The maximum Gasteiger partial charge on any atom is 0.248 e. The first-order valence-electron chi connectivity index (χ1n) is 9.49. The number of hydrazine groups is 1. The highest BCUT2D eigenvalue weighted by molar-refractivity contribution is 6.10.